The van der Waals surface area contributed by atoms with Crippen LogP contribution in [0.5, 0.6) is 5.75 Å². The number of aryl methyl sites for hydroxylation is 1. The number of phenols is 1. The Morgan fingerprint density at radius 3 is 2.56 bits per heavy atom. The van der Waals surface area contributed by atoms with E-state index in [1.54, 1.807) is 32.9 Å². The summed E-state index contributed by atoms with van der Waals surface area (Å²) < 4.78 is 0. The molecule has 4 nitrogen and oxygen atoms in total. The van der Waals surface area contributed by atoms with Gasteiger partial charge in [-0.1, -0.05) is 6.07 Å². The SMILES string of the molecule is Cc1ccc(C(=O)NCC(C)(C)O)cc1O. The van der Waals surface area contributed by atoms with Crippen LogP contribution in [-0.2, 0) is 0 Å². The van der Waals surface area contributed by atoms with Crippen molar-refractivity contribution in [2.75, 3.05) is 6.54 Å². The van der Waals surface area contributed by atoms with E-state index in [0.29, 0.717) is 5.56 Å². The zero-order chi connectivity index (χ0) is 12.3. The number of hydrogen-bond acceptors (Lipinski definition) is 3. The molecule has 0 saturated carbocycles. The first kappa shape index (κ1) is 12.5. The molecule has 0 aromatic heterocycles. The Morgan fingerprint density at radius 2 is 2.06 bits per heavy atom. The van der Waals surface area contributed by atoms with Crippen LogP contribution in [0.3, 0.4) is 0 Å². The van der Waals surface area contributed by atoms with E-state index in [1.165, 1.54) is 6.07 Å². The predicted molar refractivity (Wildman–Crippen MR) is 61.5 cm³/mol. The van der Waals surface area contributed by atoms with Crippen LogP contribution in [0.25, 0.3) is 0 Å². The summed E-state index contributed by atoms with van der Waals surface area (Å²) in [6, 6.07) is 4.72. The molecule has 0 aliphatic carbocycles. The number of phenolic OH excluding ortho intramolecular Hbond substituents is 1. The first-order chi connectivity index (χ1) is 7.29. The van der Waals surface area contributed by atoms with Crippen molar-refractivity contribution in [2.45, 2.75) is 26.4 Å². The molecule has 16 heavy (non-hydrogen) atoms. The van der Waals surface area contributed by atoms with Gasteiger partial charge in [-0.3, -0.25) is 4.79 Å². The predicted octanol–water partition coefficient (Wildman–Crippen LogP) is 1.20. The van der Waals surface area contributed by atoms with Crippen LogP contribution in [0.4, 0.5) is 0 Å². The number of amides is 1. The second-order valence-electron chi connectivity index (χ2n) is 4.50. The van der Waals surface area contributed by atoms with E-state index in [4.69, 9.17) is 0 Å². The maximum absolute atomic E-state index is 11.6. The molecule has 0 bridgehead atoms. The lowest BCUT2D eigenvalue weighted by Crippen LogP contribution is -2.38. The average molecular weight is 223 g/mol. The first-order valence-corrected chi connectivity index (χ1v) is 5.10. The fraction of sp³-hybridized carbons (Fsp3) is 0.417. The van der Waals surface area contributed by atoms with Crippen molar-refractivity contribution < 1.29 is 15.0 Å². The van der Waals surface area contributed by atoms with Crippen LogP contribution in [0.2, 0.25) is 0 Å². The average Bonchev–Trinajstić information content (AvgIpc) is 2.17. The van der Waals surface area contributed by atoms with Crippen LogP contribution in [0, 0.1) is 6.92 Å². The minimum atomic E-state index is -0.942. The summed E-state index contributed by atoms with van der Waals surface area (Å²) in [5.41, 5.74) is 0.161. The molecular formula is C12H17NO3. The monoisotopic (exact) mass is 223 g/mol. The van der Waals surface area contributed by atoms with Gasteiger partial charge < -0.3 is 15.5 Å². The van der Waals surface area contributed by atoms with E-state index < -0.39 is 5.60 Å². The third-order valence-electron chi connectivity index (χ3n) is 2.15. The topological polar surface area (TPSA) is 69.6 Å². The molecule has 0 saturated heterocycles. The number of aromatic hydroxyl groups is 1. The van der Waals surface area contributed by atoms with E-state index in [2.05, 4.69) is 5.32 Å². The lowest BCUT2D eigenvalue weighted by molar-refractivity contribution is 0.0694. The fourth-order valence-corrected chi connectivity index (χ4v) is 1.15. The smallest absolute Gasteiger partial charge is 0.251 e. The molecule has 0 fully saturated rings. The van der Waals surface area contributed by atoms with Crippen molar-refractivity contribution in [1.29, 1.82) is 0 Å². The number of nitrogens with one attached hydrogen (secondary N) is 1. The van der Waals surface area contributed by atoms with E-state index in [-0.39, 0.29) is 18.2 Å². The van der Waals surface area contributed by atoms with Crippen molar-refractivity contribution in [1.82, 2.24) is 5.32 Å². The maximum atomic E-state index is 11.6. The zero-order valence-electron chi connectivity index (χ0n) is 9.74. The quantitative estimate of drug-likeness (QED) is 0.721. The second kappa shape index (κ2) is 4.53. The molecule has 0 aliphatic rings. The number of rotatable bonds is 3. The normalized spacial score (nSPS) is 11.2. The molecule has 0 spiro atoms. The van der Waals surface area contributed by atoms with Crippen LogP contribution in [-0.4, -0.2) is 28.3 Å². The largest absolute Gasteiger partial charge is 0.508 e. The van der Waals surface area contributed by atoms with Crippen molar-refractivity contribution in [2.24, 2.45) is 0 Å². The summed E-state index contributed by atoms with van der Waals surface area (Å²) in [4.78, 5) is 11.6. The Labute approximate surface area is 94.9 Å². The van der Waals surface area contributed by atoms with Gasteiger partial charge in [0, 0.05) is 12.1 Å². The number of aliphatic hydroxyl groups is 1. The Kier molecular flexibility index (Phi) is 3.55. The van der Waals surface area contributed by atoms with E-state index in [0.717, 1.165) is 5.56 Å². The van der Waals surface area contributed by atoms with E-state index >= 15 is 0 Å². The molecule has 1 amide bonds. The highest BCUT2D eigenvalue weighted by Gasteiger charge is 2.15. The molecule has 88 valence electrons. The third-order valence-corrected chi connectivity index (χ3v) is 2.15. The van der Waals surface area contributed by atoms with Gasteiger partial charge in [0.1, 0.15) is 5.75 Å². The van der Waals surface area contributed by atoms with E-state index in [1.807, 2.05) is 0 Å². The molecule has 4 heteroatoms. The van der Waals surface area contributed by atoms with Gasteiger partial charge in [0.2, 0.25) is 0 Å². The maximum Gasteiger partial charge on any atom is 0.251 e. The van der Waals surface area contributed by atoms with Gasteiger partial charge in [-0.05, 0) is 38.5 Å². The number of carbonyl (C=O) groups excluding carboxylic acids is 1. The van der Waals surface area contributed by atoms with Crippen LogP contribution in [0.1, 0.15) is 29.8 Å². The molecule has 1 aromatic rings. The number of carbonyl (C=O) groups is 1. The van der Waals surface area contributed by atoms with Crippen molar-refractivity contribution >= 4 is 5.91 Å². The Balaban J connectivity index is 2.70. The first-order valence-electron chi connectivity index (χ1n) is 5.10. The second-order valence-corrected chi connectivity index (χ2v) is 4.50. The van der Waals surface area contributed by atoms with Crippen LogP contribution < -0.4 is 5.32 Å². The fourth-order valence-electron chi connectivity index (χ4n) is 1.15. The van der Waals surface area contributed by atoms with Gasteiger partial charge in [0.25, 0.3) is 5.91 Å². The molecule has 0 heterocycles. The highest BCUT2D eigenvalue weighted by molar-refractivity contribution is 5.94. The number of benzene rings is 1. The molecule has 1 aromatic carbocycles. The Bertz CT molecular complexity index is 394. The van der Waals surface area contributed by atoms with Gasteiger partial charge in [-0.15, -0.1) is 0 Å². The lowest BCUT2D eigenvalue weighted by Gasteiger charge is -2.17. The molecule has 0 unspecified atom stereocenters. The summed E-state index contributed by atoms with van der Waals surface area (Å²) in [5.74, 6) is -0.215. The standard InChI is InChI=1S/C12H17NO3/c1-8-4-5-9(6-10(8)14)11(15)13-7-12(2,3)16/h4-6,14,16H,7H2,1-3H3,(H,13,15). The van der Waals surface area contributed by atoms with Gasteiger partial charge in [-0.2, -0.15) is 0 Å². The molecule has 0 aliphatic heterocycles. The third kappa shape index (κ3) is 3.55. The summed E-state index contributed by atoms with van der Waals surface area (Å²) in [6.07, 6.45) is 0. The van der Waals surface area contributed by atoms with Gasteiger partial charge in [-0.25, -0.2) is 0 Å². The summed E-state index contributed by atoms with van der Waals surface area (Å²) >= 11 is 0. The summed E-state index contributed by atoms with van der Waals surface area (Å²) in [5, 5.41) is 21.5. The van der Waals surface area contributed by atoms with Crippen LogP contribution in [0.15, 0.2) is 18.2 Å². The van der Waals surface area contributed by atoms with Gasteiger partial charge in [0.15, 0.2) is 0 Å². The lowest BCUT2D eigenvalue weighted by atomic mass is 10.1. The van der Waals surface area contributed by atoms with Gasteiger partial charge in [0.05, 0.1) is 5.60 Å². The zero-order valence-corrected chi connectivity index (χ0v) is 9.74. The minimum absolute atomic E-state index is 0.0934. The Morgan fingerprint density at radius 1 is 1.44 bits per heavy atom. The van der Waals surface area contributed by atoms with Crippen molar-refractivity contribution in [3.05, 3.63) is 29.3 Å². The molecule has 1 rings (SSSR count). The Hall–Kier alpha value is -1.55. The highest BCUT2D eigenvalue weighted by Crippen LogP contribution is 2.17. The summed E-state index contributed by atoms with van der Waals surface area (Å²) in [7, 11) is 0. The minimum Gasteiger partial charge on any atom is -0.508 e. The molecule has 0 radical (unpaired) electrons. The van der Waals surface area contributed by atoms with Gasteiger partial charge >= 0.3 is 0 Å². The summed E-state index contributed by atoms with van der Waals surface area (Å²) in [6.45, 7) is 5.15. The highest BCUT2D eigenvalue weighted by atomic mass is 16.3. The molecule has 3 N–H and O–H groups in total. The molecule has 0 atom stereocenters. The van der Waals surface area contributed by atoms with Crippen LogP contribution >= 0.6 is 0 Å². The van der Waals surface area contributed by atoms with E-state index in [9.17, 15) is 15.0 Å². The van der Waals surface area contributed by atoms with Crippen molar-refractivity contribution in [3.8, 4) is 5.75 Å². The number of hydrogen-bond donors (Lipinski definition) is 3. The van der Waals surface area contributed by atoms with Crippen molar-refractivity contribution in [3.63, 3.8) is 0 Å². The molecular weight excluding hydrogens is 206 g/mol.